The summed E-state index contributed by atoms with van der Waals surface area (Å²) >= 11 is 0. The molecule has 0 radical (unpaired) electrons. The molecule has 0 atom stereocenters. The topological polar surface area (TPSA) is 44.8 Å². The molecule has 0 aromatic heterocycles. The molecule has 0 bridgehead atoms. The molecular formula is C19H22O4. The molecule has 122 valence electrons. The highest BCUT2D eigenvalue weighted by Crippen LogP contribution is 2.25. The Morgan fingerprint density at radius 2 is 1.26 bits per heavy atom. The van der Waals surface area contributed by atoms with E-state index in [9.17, 15) is 4.79 Å². The largest absolute Gasteiger partial charge is 0.496 e. The van der Waals surface area contributed by atoms with Gasteiger partial charge < -0.3 is 14.2 Å². The summed E-state index contributed by atoms with van der Waals surface area (Å²) in [4.78, 5) is 12.4. The third-order valence-corrected chi connectivity index (χ3v) is 3.53. The average molecular weight is 314 g/mol. The summed E-state index contributed by atoms with van der Waals surface area (Å²) in [5, 5.41) is 0. The number of carbonyl (C=O) groups excluding carboxylic acids is 1. The number of ether oxygens (including phenoxy) is 3. The van der Waals surface area contributed by atoms with Crippen LogP contribution in [0.15, 0.2) is 48.5 Å². The van der Waals surface area contributed by atoms with E-state index in [1.54, 1.807) is 38.5 Å². The van der Waals surface area contributed by atoms with Gasteiger partial charge in [0, 0.05) is 13.2 Å². The summed E-state index contributed by atoms with van der Waals surface area (Å²) in [5.41, 5.74) is 1.06. The molecule has 0 amide bonds. The molecule has 4 heteroatoms. The van der Waals surface area contributed by atoms with Crippen LogP contribution >= 0.6 is 0 Å². The zero-order valence-corrected chi connectivity index (χ0v) is 13.6. The lowest BCUT2D eigenvalue weighted by Gasteiger charge is -2.10. The normalized spacial score (nSPS) is 13.0. The van der Waals surface area contributed by atoms with E-state index in [1.165, 1.54) is 12.8 Å². The fourth-order valence-electron chi connectivity index (χ4n) is 2.32. The van der Waals surface area contributed by atoms with Gasteiger partial charge in [0.2, 0.25) is 0 Å². The highest BCUT2D eigenvalue weighted by Gasteiger charge is 2.17. The average Bonchev–Trinajstić information content (AvgIpc) is 3.21. The van der Waals surface area contributed by atoms with Crippen molar-refractivity contribution in [3.63, 3.8) is 0 Å². The van der Waals surface area contributed by atoms with Crippen molar-refractivity contribution < 1.29 is 19.0 Å². The Morgan fingerprint density at radius 3 is 1.61 bits per heavy atom. The van der Waals surface area contributed by atoms with E-state index in [-0.39, 0.29) is 5.78 Å². The van der Waals surface area contributed by atoms with Gasteiger partial charge in [-0.05, 0) is 37.1 Å². The van der Waals surface area contributed by atoms with Crippen molar-refractivity contribution in [2.24, 2.45) is 0 Å². The van der Waals surface area contributed by atoms with Crippen LogP contribution in [0.2, 0.25) is 0 Å². The maximum absolute atomic E-state index is 12.4. The predicted octanol–water partition coefficient (Wildman–Crippen LogP) is 3.73. The molecule has 0 spiro atoms. The second kappa shape index (κ2) is 8.96. The molecule has 1 heterocycles. The number of ketones is 1. The molecule has 0 aliphatic carbocycles. The predicted molar refractivity (Wildman–Crippen MR) is 89.5 cm³/mol. The van der Waals surface area contributed by atoms with Crippen molar-refractivity contribution in [1.82, 2.24) is 0 Å². The zero-order valence-electron chi connectivity index (χ0n) is 13.6. The van der Waals surface area contributed by atoms with Gasteiger partial charge in [0.25, 0.3) is 0 Å². The number of methoxy groups -OCH3 is 2. The quantitative estimate of drug-likeness (QED) is 0.807. The zero-order chi connectivity index (χ0) is 16.5. The Balaban J connectivity index is 0.000000326. The summed E-state index contributed by atoms with van der Waals surface area (Å²) in [6, 6.07) is 14.3. The van der Waals surface area contributed by atoms with Gasteiger partial charge in [-0.3, -0.25) is 4.79 Å². The van der Waals surface area contributed by atoms with Crippen LogP contribution in [0, 0.1) is 0 Å². The van der Waals surface area contributed by atoms with Crippen molar-refractivity contribution in [3.05, 3.63) is 59.7 Å². The molecule has 0 N–H and O–H groups in total. The summed E-state index contributed by atoms with van der Waals surface area (Å²) in [7, 11) is 3.10. The van der Waals surface area contributed by atoms with Gasteiger partial charge in [0.15, 0.2) is 5.78 Å². The molecule has 4 nitrogen and oxygen atoms in total. The van der Waals surface area contributed by atoms with E-state index in [0.717, 1.165) is 13.2 Å². The van der Waals surface area contributed by atoms with Crippen molar-refractivity contribution in [2.45, 2.75) is 12.8 Å². The summed E-state index contributed by atoms with van der Waals surface area (Å²) in [6.07, 6.45) is 2.56. The highest BCUT2D eigenvalue weighted by molar-refractivity contribution is 6.12. The fourth-order valence-corrected chi connectivity index (χ4v) is 2.32. The Bertz CT molecular complexity index is 576. The first-order valence-electron chi connectivity index (χ1n) is 7.66. The van der Waals surface area contributed by atoms with Crippen LogP contribution in [0.25, 0.3) is 0 Å². The molecule has 1 saturated heterocycles. The van der Waals surface area contributed by atoms with Crippen LogP contribution in [-0.2, 0) is 4.74 Å². The summed E-state index contributed by atoms with van der Waals surface area (Å²) in [5.74, 6) is 1.02. The summed E-state index contributed by atoms with van der Waals surface area (Å²) < 4.78 is 15.3. The Hall–Kier alpha value is -2.33. The van der Waals surface area contributed by atoms with Gasteiger partial charge in [-0.15, -0.1) is 0 Å². The van der Waals surface area contributed by atoms with Crippen molar-refractivity contribution in [2.75, 3.05) is 27.4 Å². The molecule has 2 aromatic carbocycles. The molecule has 0 saturated carbocycles. The number of hydrogen-bond donors (Lipinski definition) is 0. The maximum Gasteiger partial charge on any atom is 0.200 e. The maximum atomic E-state index is 12.4. The van der Waals surface area contributed by atoms with Crippen LogP contribution in [0.4, 0.5) is 0 Å². The van der Waals surface area contributed by atoms with Crippen LogP contribution in [0.5, 0.6) is 11.5 Å². The van der Waals surface area contributed by atoms with Gasteiger partial charge in [0.1, 0.15) is 11.5 Å². The lowest BCUT2D eigenvalue weighted by molar-refractivity contribution is 0.103. The molecule has 0 unspecified atom stereocenters. The number of rotatable bonds is 4. The fraction of sp³-hybridized carbons (Fsp3) is 0.316. The Kier molecular flexibility index (Phi) is 6.63. The van der Waals surface area contributed by atoms with Crippen LogP contribution in [0.1, 0.15) is 28.8 Å². The molecule has 23 heavy (non-hydrogen) atoms. The minimum absolute atomic E-state index is 0.107. The van der Waals surface area contributed by atoms with E-state index < -0.39 is 0 Å². The number of benzene rings is 2. The van der Waals surface area contributed by atoms with Gasteiger partial charge in [-0.2, -0.15) is 0 Å². The first kappa shape index (κ1) is 17.0. The smallest absolute Gasteiger partial charge is 0.200 e. The van der Waals surface area contributed by atoms with Crippen molar-refractivity contribution >= 4 is 5.78 Å². The van der Waals surface area contributed by atoms with Crippen LogP contribution < -0.4 is 9.47 Å². The molecule has 3 rings (SSSR count). The highest BCUT2D eigenvalue weighted by atomic mass is 16.5. The lowest BCUT2D eigenvalue weighted by Crippen LogP contribution is -2.05. The first-order valence-corrected chi connectivity index (χ1v) is 7.66. The third-order valence-electron chi connectivity index (χ3n) is 3.53. The minimum Gasteiger partial charge on any atom is -0.496 e. The third kappa shape index (κ3) is 4.57. The minimum atomic E-state index is -0.107. The number of hydrogen-bond acceptors (Lipinski definition) is 4. The van der Waals surface area contributed by atoms with Crippen molar-refractivity contribution in [3.8, 4) is 11.5 Å². The van der Waals surface area contributed by atoms with Crippen LogP contribution in [-0.4, -0.2) is 33.2 Å². The second-order valence-corrected chi connectivity index (χ2v) is 5.05. The van der Waals surface area contributed by atoms with E-state index in [4.69, 9.17) is 14.2 Å². The van der Waals surface area contributed by atoms with E-state index in [0.29, 0.717) is 22.6 Å². The molecule has 2 aromatic rings. The van der Waals surface area contributed by atoms with Gasteiger partial charge in [0.05, 0.1) is 25.3 Å². The number of para-hydroxylation sites is 2. The van der Waals surface area contributed by atoms with Gasteiger partial charge in [-0.1, -0.05) is 24.3 Å². The van der Waals surface area contributed by atoms with E-state index in [2.05, 4.69) is 0 Å². The van der Waals surface area contributed by atoms with Gasteiger partial charge >= 0.3 is 0 Å². The SMILES string of the molecule is C1CCOC1.COc1ccccc1C(=O)c1ccccc1OC. The molecule has 1 aliphatic heterocycles. The van der Waals surface area contributed by atoms with E-state index >= 15 is 0 Å². The van der Waals surface area contributed by atoms with E-state index in [1.807, 2.05) is 24.3 Å². The van der Waals surface area contributed by atoms with Gasteiger partial charge in [-0.25, -0.2) is 0 Å². The second-order valence-electron chi connectivity index (χ2n) is 5.05. The molecule has 1 fully saturated rings. The summed E-state index contributed by atoms with van der Waals surface area (Å²) in [6.45, 7) is 2.00. The Labute approximate surface area is 137 Å². The standard InChI is InChI=1S/C15H14O3.C4H8O/c1-17-13-9-5-3-7-11(13)15(16)12-8-4-6-10-14(12)18-2;1-2-4-5-3-1/h3-10H,1-2H3;1-4H2. The Morgan fingerprint density at radius 1 is 0.826 bits per heavy atom. The lowest BCUT2D eigenvalue weighted by atomic mass is 10.0. The molecule has 1 aliphatic rings. The van der Waals surface area contributed by atoms with Crippen molar-refractivity contribution in [1.29, 1.82) is 0 Å². The molecular weight excluding hydrogens is 292 g/mol. The monoisotopic (exact) mass is 314 g/mol. The number of carbonyl (C=O) groups is 1. The van der Waals surface area contributed by atoms with Crippen LogP contribution in [0.3, 0.4) is 0 Å². The first-order chi connectivity index (χ1) is 11.3.